The Balaban J connectivity index is 2.44. The van der Waals surface area contributed by atoms with Gasteiger partial charge in [-0.1, -0.05) is 23.7 Å². The molecule has 17 heavy (non-hydrogen) atoms. The largest absolute Gasteiger partial charge is 0.481 e. The number of nitrogens with zero attached hydrogens (tertiary/aromatic N) is 2. The number of carboxylic acid groups (broad SMARTS) is 1. The van der Waals surface area contributed by atoms with Crippen molar-refractivity contribution in [2.24, 2.45) is 0 Å². The Kier molecular flexibility index (Phi) is 3.10. The lowest BCUT2D eigenvalue weighted by atomic mass is 10.2. The second-order valence-corrected chi connectivity index (χ2v) is 3.75. The summed E-state index contributed by atoms with van der Waals surface area (Å²) in [6.45, 7) is 0. The van der Waals surface area contributed by atoms with Crippen molar-refractivity contribution in [1.82, 2.24) is 9.78 Å². The molecule has 2 aromatic rings. The van der Waals surface area contributed by atoms with Crippen molar-refractivity contribution >= 4 is 17.6 Å². The number of hydrogen-bond acceptors (Lipinski definition) is 2. The fraction of sp³-hybridized carbons (Fsp3) is 0.0909. The fourth-order valence-corrected chi connectivity index (χ4v) is 1.69. The molecule has 0 atom stereocenters. The summed E-state index contributed by atoms with van der Waals surface area (Å²) in [5, 5.41) is 12.6. The van der Waals surface area contributed by atoms with Crippen molar-refractivity contribution in [1.29, 1.82) is 0 Å². The van der Waals surface area contributed by atoms with Gasteiger partial charge in [0.1, 0.15) is 16.7 Å². The van der Waals surface area contributed by atoms with E-state index in [1.54, 1.807) is 12.1 Å². The Morgan fingerprint density at radius 1 is 1.47 bits per heavy atom. The van der Waals surface area contributed by atoms with E-state index >= 15 is 0 Å². The third-order valence-electron chi connectivity index (χ3n) is 2.20. The van der Waals surface area contributed by atoms with Crippen LogP contribution in [-0.2, 0) is 11.2 Å². The molecule has 1 heterocycles. The molecule has 0 saturated heterocycles. The first-order valence-electron chi connectivity index (χ1n) is 4.78. The third kappa shape index (κ3) is 2.29. The van der Waals surface area contributed by atoms with Gasteiger partial charge in [0, 0.05) is 5.56 Å². The fourth-order valence-electron chi connectivity index (χ4n) is 1.44. The van der Waals surface area contributed by atoms with Crippen LogP contribution in [0.4, 0.5) is 4.39 Å². The highest BCUT2D eigenvalue weighted by molar-refractivity contribution is 6.30. The molecule has 0 saturated carbocycles. The minimum atomic E-state index is -1.01. The number of carboxylic acids is 1. The Morgan fingerprint density at radius 2 is 2.18 bits per heavy atom. The molecule has 88 valence electrons. The van der Waals surface area contributed by atoms with Gasteiger partial charge in [-0.15, -0.1) is 0 Å². The lowest BCUT2D eigenvalue weighted by Crippen LogP contribution is -2.02. The van der Waals surface area contributed by atoms with Crippen molar-refractivity contribution < 1.29 is 14.3 Å². The maximum Gasteiger partial charge on any atom is 0.307 e. The van der Waals surface area contributed by atoms with Gasteiger partial charge in [-0.05, 0) is 12.1 Å². The highest BCUT2D eigenvalue weighted by atomic mass is 35.5. The van der Waals surface area contributed by atoms with Gasteiger partial charge in [0.15, 0.2) is 0 Å². The normalized spacial score (nSPS) is 10.5. The molecule has 6 heteroatoms. The number of halogens is 2. The highest BCUT2D eigenvalue weighted by Gasteiger charge is 2.14. The summed E-state index contributed by atoms with van der Waals surface area (Å²) in [7, 11) is 0. The van der Waals surface area contributed by atoms with Gasteiger partial charge in [0.2, 0.25) is 0 Å². The number of aromatic nitrogens is 2. The van der Waals surface area contributed by atoms with Gasteiger partial charge in [0.05, 0.1) is 12.6 Å². The Labute approximate surface area is 101 Å². The smallest absolute Gasteiger partial charge is 0.307 e. The molecule has 0 aliphatic heterocycles. The summed E-state index contributed by atoms with van der Waals surface area (Å²) in [5.41, 5.74) is 0.538. The zero-order chi connectivity index (χ0) is 12.4. The van der Waals surface area contributed by atoms with Gasteiger partial charge in [0.25, 0.3) is 0 Å². The van der Waals surface area contributed by atoms with Crippen LogP contribution in [0.2, 0.25) is 5.15 Å². The van der Waals surface area contributed by atoms with E-state index in [4.69, 9.17) is 16.7 Å². The summed E-state index contributed by atoms with van der Waals surface area (Å²) in [5.74, 6) is -1.49. The first-order chi connectivity index (χ1) is 8.09. The monoisotopic (exact) mass is 254 g/mol. The van der Waals surface area contributed by atoms with Crippen LogP contribution in [0.15, 0.2) is 30.5 Å². The van der Waals surface area contributed by atoms with Crippen LogP contribution in [0, 0.1) is 5.82 Å². The molecule has 1 aromatic carbocycles. The van der Waals surface area contributed by atoms with Crippen LogP contribution in [0.1, 0.15) is 5.56 Å². The van der Waals surface area contributed by atoms with E-state index < -0.39 is 11.8 Å². The molecule has 0 unspecified atom stereocenters. The molecule has 0 radical (unpaired) electrons. The second-order valence-electron chi connectivity index (χ2n) is 3.39. The average Bonchev–Trinajstić information content (AvgIpc) is 2.61. The quantitative estimate of drug-likeness (QED) is 0.914. The highest BCUT2D eigenvalue weighted by Crippen LogP contribution is 2.22. The lowest BCUT2D eigenvalue weighted by molar-refractivity contribution is -0.136. The molecule has 0 aliphatic carbocycles. The maximum absolute atomic E-state index is 13.5. The van der Waals surface area contributed by atoms with Crippen LogP contribution in [0.25, 0.3) is 5.69 Å². The van der Waals surface area contributed by atoms with Gasteiger partial charge in [-0.2, -0.15) is 5.10 Å². The van der Waals surface area contributed by atoms with Crippen LogP contribution in [0.3, 0.4) is 0 Å². The van der Waals surface area contributed by atoms with E-state index in [-0.39, 0.29) is 17.3 Å². The molecular weight excluding hydrogens is 247 g/mol. The van der Waals surface area contributed by atoms with Crippen molar-refractivity contribution in [2.75, 3.05) is 0 Å². The second kappa shape index (κ2) is 4.55. The predicted molar refractivity (Wildman–Crippen MR) is 59.9 cm³/mol. The Bertz CT molecular complexity index is 568. The first-order valence-corrected chi connectivity index (χ1v) is 5.16. The molecule has 2 rings (SSSR count). The summed E-state index contributed by atoms with van der Waals surface area (Å²) >= 11 is 5.95. The van der Waals surface area contributed by atoms with Crippen LogP contribution < -0.4 is 0 Å². The SMILES string of the molecule is O=C(O)Cc1cnn(-c2ccccc2F)c1Cl. The van der Waals surface area contributed by atoms with E-state index in [0.717, 1.165) is 0 Å². The lowest BCUT2D eigenvalue weighted by Gasteiger charge is -2.04. The number of carbonyl (C=O) groups is 1. The summed E-state index contributed by atoms with van der Waals surface area (Å²) in [4.78, 5) is 10.6. The number of aliphatic carboxylic acids is 1. The molecule has 0 amide bonds. The maximum atomic E-state index is 13.5. The molecule has 0 fully saturated rings. The van der Waals surface area contributed by atoms with Crippen LogP contribution >= 0.6 is 11.6 Å². The molecule has 0 spiro atoms. The minimum Gasteiger partial charge on any atom is -0.481 e. The number of hydrogen-bond donors (Lipinski definition) is 1. The predicted octanol–water partition coefficient (Wildman–Crippen LogP) is 2.29. The standard InChI is InChI=1S/C11H8ClFN2O2/c12-11-7(5-10(16)17)6-14-15(11)9-4-2-1-3-8(9)13/h1-4,6H,5H2,(H,16,17). The Morgan fingerprint density at radius 3 is 2.82 bits per heavy atom. The van der Waals surface area contributed by atoms with Crippen molar-refractivity contribution in [3.63, 3.8) is 0 Å². The van der Waals surface area contributed by atoms with E-state index in [2.05, 4.69) is 5.10 Å². The Hall–Kier alpha value is -1.88. The van der Waals surface area contributed by atoms with Gasteiger partial charge < -0.3 is 5.11 Å². The number of rotatable bonds is 3. The molecule has 1 N–H and O–H groups in total. The van der Waals surface area contributed by atoms with Crippen molar-refractivity contribution in [3.8, 4) is 5.69 Å². The molecule has 0 aliphatic rings. The minimum absolute atomic E-state index is 0.109. The zero-order valence-corrected chi connectivity index (χ0v) is 9.36. The summed E-state index contributed by atoms with van der Waals surface area (Å²) < 4.78 is 14.7. The first kappa shape index (κ1) is 11.6. The van der Waals surface area contributed by atoms with E-state index in [0.29, 0.717) is 5.56 Å². The van der Waals surface area contributed by atoms with E-state index in [9.17, 15) is 9.18 Å². The van der Waals surface area contributed by atoms with Gasteiger partial charge in [-0.25, -0.2) is 9.07 Å². The van der Waals surface area contributed by atoms with Gasteiger partial charge in [-0.3, -0.25) is 4.79 Å². The zero-order valence-electron chi connectivity index (χ0n) is 8.60. The molecule has 4 nitrogen and oxygen atoms in total. The van der Waals surface area contributed by atoms with Crippen LogP contribution in [-0.4, -0.2) is 20.9 Å². The number of para-hydroxylation sites is 1. The topological polar surface area (TPSA) is 55.1 Å². The molecule has 1 aromatic heterocycles. The summed E-state index contributed by atoms with van der Waals surface area (Å²) in [6, 6.07) is 5.99. The number of benzene rings is 1. The third-order valence-corrected chi connectivity index (χ3v) is 2.61. The summed E-state index contributed by atoms with van der Waals surface area (Å²) in [6.07, 6.45) is 1.08. The van der Waals surface area contributed by atoms with Crippen molar-refractivity contribution in [2.45, 2.75) is 6.42 Å². The van der Waals surface area contributed by atoms with Crippen molar-refractivity contribution in [3.05, 3.63) is 47.0 Å². The van der Waals surface area contributed by atoms with Gasteiger partial charge >= 0.3 is 5.97 Å². The molecule has 0 bridgehead atoms. The average molecular weight is 255 g/mol. The van der Waals surface area contributed by atoms with E-state index in [1.165, 1.54) is 23.0 Å². The van der Waals surface area contributed by atoms with Crippen LogP contribution in [0.5, 0.6) is 0 Å². The van der Waals surface area contributed by atoms with E-state index in [1.807, 2.05) is 0 Å². The molecular formula is C11H8ClFN2O2.